The van der Waals surface area contributed by atoms with E-state index in [4.69, 9.17) is 9.47 Å². The van der Waals surface area contributed by atoms with Gasteiger partial charge in [0.05, 0.1) is 44.5 Å². The number of aliphatic hydroxyl groups is 1. The van der Waals surface area contributed by atoms with Gasteiger partial charge in [-0.3, -0.25) is 14.5 Å². The van der Waals surface area contributed by atoms with Gasteiger partial charge in [0.1, 0.15) is 0 Å². The van der Waals surface area contributed by atoms with Crippen LogP contribution < -0.4 is 14.8 Å². The van der Waals surface area contributed by atoms with Crippen molar-refractivity contribution < 1.29 is 24.2 Å². The first-order chi connectivity index (χ1) is 22.7. The number of H-pyrrole nitrogens is 1. The zero-order valence-corrected chi connectivity index (χ0v) is 28.6. The molecule has 3 N–H and O–H groups in total. The number of likely N-dealkylation sites (tertiary alicyclic amines) is 2. The third kappa shape index (κ3) is 7.02. The Hall–Kier alpha value is -3.56. The molecule has 254 valence electrons. The number of aromatic nitrogens is 1. The molecule has 9 heteroatoms. The normalized spacial score (nSPS) is 20.6. The molecule has 1 aromatic heterocycles. The summed E-state index contributed by atoms with van der Waals surface area (Å²) in [5.41, 5.74) is 5.48. The Bertz CT molecular complexity index is 1570. The average molecular weight is 645 g/mol. The Morgan fingerprint density at radius 3 is 2.40 bits per heavy atom. The molecule has 2 amide bonds. The standard InChI is InChI=1S/C38H52N4O5/c1-25(2)35-30-20-27(9-11-31(30)39-36(35)28-10-12-32(46-3)33(21-28)47-4)26-13-18-42(19-14-26)34(44)23-41-17-7-8-29(22-41)37(45)40-38(24-43)15-5-6-16-38/h9-12,20-21,25-26,29,39,43H,5-8,13-19,22-24H2,1-4H3,(H,40,45). The summed E-state index contributed by atoms with van der Waals surface area (Å²) in [4.78, 5) is 34.4. The van der Waals surface area contributed by atoms with E-state index in [-0.39, 0.29) is 24.3 Å². The largest absolute Gasteiger partial charge is 0.493 e. The molecule has 0 spiro atoms. The highest BCUT2D eigenvalue weighted by atomic mass is 16.5. The lowest BCUT2D eigenvalue weighted by Crippen LogP contribution is -2.54. The summed E-state index contributed by atoms with van der Waals surface area (Å²) in [5.74, 6) is 2.22. The minimum absolute atomic E-state index is 0.00191. The zero-order valence-electron chi connectivity index (χ0n) is 28.6. The van der Waals surface area contributed by atoms with Gasteiger partial charge in [0, 0.05) is 36.1 Å². The van der Waals surface area contributed by atoms with Gasteiger partial charge in [-0.2, -0.15) is 0 Å². The second-order valence-corrected chi connectivity index (χ2v) is 14.3. The third-order valence-corrected chi connectivity index (χ3v) is 10.9. The average Bonchev–Trinajstić information content (AvgIpc) is 3.73. The van der Waals surface area contributed by atoms with Crippen LogP contribution in [-0.2, 0) is 9.59 Å². The van der Waals surface area contributed by atoms with E-state index in [1.807, 2.05) is 17.0 Å². The number of nitrogens with one attached hydrogen (secondary N) is 2. The SMILES string of the molecule is COc1ccc(-c2[nH]c3ccc(C4CCN(C(=O)CN5CCCC(C(=O)NC6(CO)CCCC6)C5)CC4)cc3c2C(C)C)cc1OC. The summed E-state index contributed by atoms with van der Waals surface area (Å²) in [5, 5.41) is 14.4. The number of aromatic amines is 1. The van der Waals surface area contributed by atoms with Crippen molar-refractivity contribution in [1.82, 2.24) is 20.1 Å². The van der Waals surface area contributed by atoms with E-state index in [1.54, 1.807) is 14.2 Å². The first kappa shape index (κ1) is 33.3. The molecule has 0 radical (unpaired) electrons. The van der Waals surface area contributed by atoms with Gasteiger partial charge in [-0.25, -0.2) is 0 Å². The van der Waals surface area contributed by atoms with Crippen molar-refractivity contribution in [3.8, 4) is 22.8 Å². The maximum absolute atomic E-state index is 13.4. The fourth-order valence-corrected chi connectivity index (χ4v) is 8.21. The van der Waals surface area contributed by atoms with Gasteiger partial charge < -0.3 is 29.8 Å². The topological polar surface area (TPSA) is 107 Å². The number of benzene rings is 2. The molecular formula is C38H52N4O5. The Labute approximate surface area is 279 Å². The lowest BCUT2D eigenvalue weighted by atomic mass is 9.87. The van der Waals surface area contributed by atoms with Crippen LogP contribution in [-0.4, -0.2) is 90.8 Å². The molecule has 1 aliphatic carbocycles. The fourth-order valence-electron chi connectivity index (χ4n) is 8.21. The van der Waals surface area contributed by atoms with E-state index in [0.29, 0.717) is 36.4 Å². The molecule has 1 saturated carbocycles. The highest BCUT2D eigenvalue weighted by Gasteiger charge is 2.37. The highest BCUT2D eigenvalue weighted by molar-refractivity contribution is 5.92. The van der Waals surface area contributed by atoms with Crippen molar-refractivity contribution in [3.05, 3.63) is 47.5 Å². The summed E-state index contributed by atoms with van der Waals surface area (Å²) in [6.45, 7) is 7.79. The van der Waals surface area contributed by atoms with Crippen LogP contribution in [0.4, 0.5) is 0 Å². The van der Waals surface area contributed by atoms with Crippen LogP contribution >= 0.6 is 0 Å². The predicted octanol–water partition coefficient (Wildman–Crippen LogP) is 5.81. The molecule has 3 heterocycles. The number of methoxy groups -OCH3 is 2. The van der Waals surface area contributed by atoms with Crippen molar-refractivity contribution in [2.45, 2.75) is 82.6 Å². The van der Waals surface area contributed by atoms with Crippen LogP contribution in [0, 0.1) is 5.92 Å². The molecule has 3 aromatic rings. The van der Waals surface area contributed by atoms with E-state index in [1.165, 1.54) is 16.5 Å². The first-order valence-electron chi connectivity index (χ1n) is 17.5. The molecule has 6 rings (SSSR count). The second-order valence-electron chi connectivity index (χ2n) is 14.3. The monoisotopic (exact) mass is 644 g/mol. The number of hydrogen-bond donors (Lipinski definition) is 3. The van der Waals surface area contributed by atoms with E-state index >= 15 is 0 Å². The lowest BCUT2D eigenvalue weighted by molar-refractivity contribution is -0.136. The van der Waals surface area contributed by atoms with Gasteiger partial charge in [-0.15, -0.1) is 0 Å². The van der Waals surface area contributed by atoms with Crippen LogP contribution in [0.2, 0.25) is 0 Å². The van der Waals surface area contributed by atoms with Gasteiger partial charge in [0.15, 0.2) is 11.5 Å². The van der Waals surface area contributed by atoms with Gasteiger partial charge in [-0.1, -0.05) is 32.8 Å². The number of rotatable bonds is 10. The van der Waals surface area contributed by atoms with E-state index in [9.17, 15) is 14.7 Å². The van der Waals surface area contributed by atoms with E-state index in [0.717, 1.165) is 87.8 Å². The van der Waals surface area contributed by atoms with Gasteiger partial charge in [-0.05, 0) is 98.4 Å². The molecular weight excluding hydrogens is 592 g/mol. The second kappa shape index (κ2) is 14.3. The lowest BCUT2D eigenvalue weighted by Gasteiger charge is -2.37. The zero-order chi connectivity index (χ0) is 33.1. The van der Waals surface area contributed by atoms with Crippen LogP contribution in [0.3, 0.4) is 0 Å². The van der Waals surface area contributed by atoms with Crippen LogP contribution in [0.25, 0.3) is 22.2 Å². The minimum Gasteiger partial charge on any atom is -0.493 e. The Morgan fingerprint density at radius 2 is 1.72 bits per heavy atom. The summed E-state index contributed by atoms with van der Waals surface area (Å²) in [6, 6.07) is 12.9. The van der Waals surface area contributed by atoms with Gasteiger partial charge in [0.2, 0.25) is 11.8 Å². The molecule has 9 nitrogen and oxygen atoms in total. The van der Waals surface area contributed by atoms with Crippen molar-refractivity contribution in [2.24, 2.45) is 5.92 Å². The van der Waals surface area contributed by atoms with E-state index in [2.05, 4.69) is 53.3 Å². The van der Waals surface area contributed by atoms with Crippen molar-refractivity contribution in [2.75, 3.05) is 53.6 Å². The number of aliphatic hydroxyl groups excluding tert-OH is 1. The number of ether oxygens (including phenoxy) is 2. The van der Waals surface area contributed by atoms with E-state index < -0.39 is 5.54 Å². The summed E-state index contributed by atoms with van der Waals surface area (Å²) < 4.78 is 11.1. The van der Waals surface area contributed by atoms with Crippen LogP contribution in [0.1, 0.15) is 88.2 Å². The summed E-state index contributed by atoms with van der Waals surface area (Å²) in [6.07, 6.45) is 7.41. The summed E-state index contributed by atoms with van der Waals surface area (Å²) >= 11 is 0. The predicted molar refractivity (Wildman–Crippen MR) is 185 cm³/mol. The maximum atomic E-state index is 13.4. The smallest absolute Gasteiger partial charge is 0.236 e. The Morgan fingerprint density at radius 1 is 0.979 bits per heavy atom. The number of amides is 2. The molecule has 2 aliphatic heterocycles. The Kier molecular flexibility index (Phi) is 10.1. The van der Waals surface area contributed by atoms with Crippen LogP contribution in [0.5, 0.6) is 11.5 Å². The van der Waals surface area contributed by atoms with Gasteiger partial charge in [0.25, 0.3) is 0 Å². The van der Waals surface area contributed by atoms with Crippen LogP contribution in [0.15, 0.2) is 36.4 Å². The molecule has 2 saturated heterocycles. The quantitative estimate of drug-likeness (QED) is 0.257. The molecule has 0 bridgehead atoms. The van der Waals surface area contributed by atoms with Crippen molar-refractivity contribution in [3.63, 3.8) is 0 Å². The number of carbonyl (C=O) groups is 2. The molecule has 47 heavy (non-hydrogen) atoms. The summed E-state index contributed by atoms with van der Waals surface area (Å²) in [7, 11) is 3.32. The number of nitrogens with zero attached hydrogens (tertiary/aromatic N) is 2. The molecule has 3 fully saturated rings. The van der Waals surface area contributed by atoms with Gasteiger partial charge >= 0.3 is 0 Å². The van der Waals surface area contributed by atoms with Crippen molar-refractivity contribution in [1.29, 1.82) is 0 Å². The number of fused-ring (bicyclic) bond motifs is 1. The Balaban J connectivity index is 1.08. The number of piperidine rings is 2. The molecule has 2 aromatic carbocycles. The fraction of sp³-hybridized carbons (Fsp3) is 0.579. The molecule has 1 atom stereocenters. The number of hydrogen-bond acceptors (Lipinski definition) is 6. The number of carbonyl (C=O) groups excluding carboxylic acids is 2. The highest BCUT2D eigenvalue weighted by Crippen LogP contribution is 2.40. The maximum Gasteiger partial charge on any atom is 0.236 e. The minimum atomic E-state index is -0.450. The van der Waals surface area contributed by atoms with Crippen molar-refractivity contribution >= 4 is 22.7 Å². The first-order valence-corrected chi connectivity index (χ1v) is 17.5. The molecule has 3 aliphatic rings. The molecule has 1 unspecified atom stereocenters. The third-order valence-electron chi connectivity index (χ3n) is 10.9.